The van der Waals surface area contributed by atoms with Crippen LogP contribution in [-0.2, 0) is 0 Å². The summed E-state index contributed by atoms with van der Waals surface area (Å²) in [5.41, 5.74) is 6.16. The lowest BCUT2D eigenvalue weighted by molar-refractivity contribution is 0.563. The Kier molecular flexibility index (Phi) is 3.12. The van der Waals surface area contributed by atoms with Crippen molar-refractivity contribution in [2.24, 2.45) is 0 Å². The number of halogens is 2. The third kappa shape index (κ3) is 2.53. The first-order valence-electron chi connectivity index (χ1n) is 4.37. The fourth-order valence-electron chi connectivity index (χ4n) is 1.10. The Balaban J connectivity index is 2.20. The highest BCUT2D eigenvalue weighted by atomic mass is 35.5. The molecule has 0 saturated heterocycles. The molecule has 0 atom stereocenters. The van der Waals surface area contributed by atoms with E-state index in [1.165, 1.54) is 0 Å². The first-order chi connectivity index (χ1) is 7.65. The van der Waals surface area contributed by atoms with Gasteiger partial charge in [0.15, 0.2) is 0 Å². The number of hydrogen-bond acceptors (Lipinski definition) is 4. The number of rotatable bonds is 2. The van der Waals surface area contributed by atoms with Crippen molar-refractivity contribution in [2.45, 2.75) is 0 Å². The third-order valence-electron chi connectivity index (χ3n) is 1.82. The number of nitrogens with zero attached hydrogens (tertiary/aromatic N) is 2. The monoisotopic (exact) mass is 255 g/mol. The quantitative estimate of drug-likeness (QED) is 0.896. The Labute approximate surface area is 102 Å². The Morgan fingerprint density at radius 3 is 2.56 bits per heavy atom. The fourth-order valence-corrected chi connectivity index (χ4v) is 1.40. The van der Waals surface area contributed by atoms with Crippen LogP contribution in [0.2, 0.25) is 10.0 Å². The number of nitrogens with two attached hydrogens (primary N) is 1. The topological polar surface area (TPSA) is 64.9 Å². The Bertz CT molecular complexity index is 537. The second-order valence-corrected chi connectivity index (χ2v) is 3.80. The molecule has 0 fully saturated rings. The number of aromatic nitrogens is 2. The number of hydrogen-bond donors (Lipinski definition) is 1. The maximum atomic E-state index is 5.86. The predicted molar refractivity (Wildman–Crippen MR) is 64.1 cm³/mol. The van der Waals surface area contributed by atoms with Gasteiger partial charge in [-0.15, -0.1) is 5.10 Å². The first-order valence-corrected chi connectivity index (χ1v) is 5.13. The Hall–Kier alpha value is -1.52. The zero-order valence-corrected chi connectivity index (χ0v) is 9.53. The molecule has 0 spiro atoms. The van der Waals surface area contributed by atoms with Gasteiger partial charge < -0.3 is 10.2 Å². The van der Waals surface area contributed by atoms with Crippen LogP contribution in [0.25, 0.3) is 12.2 Å². The van der Waals surface area contributed by atoms with Crippen molar-refractivity contribution in [2.75, 3.05) is 5.73 Å². The zero-order chi connectivity index (χ0) is 11.5. The van der Waals surface area contributed by atoms with Gasteiger partial charge in [-0.25, -0.2) is 0 Å². The van der Waals surface area contributed by atoms with Gasteiger partial charge >= 0.3 is 6.01 Å². The van der Waals surface area contributed by atoms with Crippen LogP contribution in [0.1, 0.15) is 11.5 Å². The van der Waals surface area contributed by atoms with Crippen molar-refractivity contribution in [3.8, 4) is 0 Å². The van der Waals surface area contributed by atoms with Crippen molar-refractivity contribution in [3.05, 3.63) is 39.7 Å². The van der Waals surface area contributed by atoms with E-state index >= 15 is 0 Å². The van der Waals surface area contributed by atoms with Crippen molar-refractivity contribution in [1.82, 2.24) is 10.2 Å². The Morgan fingerprint density at radius 1 is 1.12 bits per heavy atom. The molecular weight excluding hydrogens is 249 g/mol. The molecule has 1 aromatic carbocycles. The largest absolute Gasteiger partial charge is 0.404 e. The summed E-state index contributed by atoms with van der Waals surface area (Å²) in [5.74, 6) is 0.337. The normalized spacial score (nSPS) is 11.1. The van der Waals surface area contributed by atoms with Crippen LogP contribution in [0.4, 0.5) is 6.01 Å². The minimum Gasteiger partial charge on any atom is -0.404 e. The molecule has 0 unspecified atom stereocenters. The first kappa shape index (κ1) is 11.0. The number of nitrogen functional groups attached to an aromatic ring is 1. The summed E-state index contributed by atoms with van der Waals surface area (Å²) in [6.45, 7) is 0. The number of benzene rings is 1. The highest BCUT2D eigenvalue weighted by Crippen LogP contribution is 2.23. The standard InChI is InChI=1S/C10H7Cl2N3O/c11-7-3-1-6(5-8(7)12)2-4-9-14-15-10(13)16-9/h1-5H,(H2,13,15)/b4-2-. The summed E-state index contributed by atoms with van der Waals surface area (Å²) >= 11 is 11.7. The summed E-state index contributed by atoms with van der Waals surface area (Å²) in [6.07, 6.45) is 3.41. The molecule has 0 aliphatic heterocycles. The molecule has 1 heterocycles. The second-order valence-electron chi connectivity index (χ2n) is 2.99. The van der Waals surface area contributed by atoms with E-state index in [9.17, 15) is 0 Å². The molecule has 2 rings (SSSR count). The van der Waals surface area contributed by atoms with Crippen LogP contribution in [0, 0.1) is 0 Å². The Morgan fingerprint density at radius 2 is 1.94 bits per heavy atom. The lowest BCUT2D eigenvalue weighted by Crippen LogP contribution is -1.81. The van der Waals surface area contributed by atoms with E-state index in [0.29, 0.717) is 15.9 Å². The predicted octanol–water partition coefficient (Wildman–Crippen LogP) is 3.13. The van der Waals surface area contributed by atoms with Gasteiger partial charge in [0.25, 0.3) is 0 Å². The van der Waals surface area contributed by atoms with Gasteiger partial charge in [-0.05, 0) is 23.8 Å². The SMILES string of the molecule is Nc1nnc(/C=C\c2ccc(Cl)c(Cl)c2)o1. The summed E-state index contributed by atoms with van der Waals surface area (Å²) in [6, 6.07) is 5.31. The van der Waals surface area contributed by atoms with E-state index in [2.05, 4.69) is 10.2 Å². The maximum Gasteiger partial charge on any atom is 0.313 e. The highest BCUT2D eigenvalue weighted by Gasteiger charge is 1.99. The van der Waals surface area contributed by atoms with Gasteiger partial charge in [0.05, 0.1) is 10.0 Å². The molecule has 1 aromatic heterocycles. The molecule has 2 aromatic rings. The molecule has 6 heteroatoms. The van der Waals surface area contributed by atoms with Crippen LogP contribution >= 0.6 is 23.2 Å². The lowest BCUT2D eigenvalue weighted by Gasteiger charge is -1.96. The summed E-state index contributed by atoms with van der Waals surface area (Å²) in [7, 11) is 0. The van der Waals surface area contributed by atoms with Crippen molar-refractivity contribution in [3.63, 3.8) is 0 Å². The minimum atomic E-state index is 0.0359. The molecule has 0 bridgehead atoms. The highest BCUT2D eigenvalue weighted by molar-refractivity contribution is 6.42. The van der Waals surface area contributed by atoms with Gasteiger partial charge in [0, 0.05) is 6.08 Å². The molecule has 0 aliphatic carbocycles. The molecule has 0 amide bonds. The smallest absolute Gasteiger partial charge is 0.313 e. The van der Waals surface area contributed by atoms with Crippen molar-refractivity contribution < 1.29 is 4.42 Å². The summed E-state index contributed by atoms with van der Waals surface area (Å²) in [5, 5.41) is 8.22. The molecule has 82 valence electrons. The average molecular weight is 256 g/mol. The van der Waals surface area contributed by atoms with Crippen LogP contribution in [-0.4, -0.2) is 10.2 Å². The van der Waals surface area contributed by atoms with Crippen LogP contribution in [0.3, 0.4) is 0 Å². The molecule has 0 radical (unpaired) electrons. The van der Waals surface area contributed by atoms with Gasteiger partial charge in [0.2, 0.25) is 5.89 Å². The molecule has 0 saturated carbocycles. The van der Waals surface area contributed by atoms with E-state index in [1.54, 1.807) is 24.3 Å². The van der Waals surface area contributed by atoms with E-state index in [4.69, 9.17) is 33.4 Å². The number of anilines is 1. The van der Waals surface area contributed by atoms with Crippen molar-refractivity contribution in [1.29, 1.82) is 0 Å². The van der Waals surface area contributed by atoms with Gasteiger partial charge in [-0.1, -0.05) is 34.4 Å². The van der Waals surface area contributed by atoms with E-state index < -0.39 is 0 Å². The average Bonchev–Trinajstić information content (AvgIpc) is 2.66. The molecule has 16 heavy (non-hydrogen) atoms. The van der Waals surface area contributed by atoms with Gasteiger partial charge in [0.1, 0.15) is 0 Å². The van der Waals surface area contributed by atoms with E-state index in [0.717, 1.165) is 5.56 Å². The van der Waals surface area contributed by atoms with Crippen LogP contribution in [0.15, 0.2) is 22.6 Å². The van der Waals surface area contributed by atoms with Crippen LogP contribution < -0.4 is 5.73 Å². The summed E-state index contributed by atoms with van der Waals surface area (Å²) in [4.78, 5) is 0. The van der Waals surface area contributed by atoms with Crippen molar-refractivity contribution >= 4 is 41.4 Å². The van der Waals surface area contributed by atoms with Crippen LogP contribution in [0.5, 0.6) is 0 Å². The van der Waals surface area contributed by atoms with E-state index in [1.807, 2.05) is 6.07 Å². The maximum absolute atomic E-state index is 5.86. The fraction of sp³-hybridized carbons (Fsp3) is 0. The van der Waals surface area contributed by atoms with Gasteiger partial charge in [-0.2, -0.15) is 0 Å². The molecular formula is C10H7Cl2N3O. The van der Waals surface area contributed by atoms with E-state index in [-0.39, 0.29) is 6.01 Å². The van der Waals surface area contributed by atoms with Gasteiger partial charge in [-0.3, -0.25) is 0 Å². The third-order valence-corrected chi connectivity index (χ3v) is 2.56. The zero-order valence-electron chi connectivity index (χ0n) is 8.02. The lowest BCUT2D eigenvalue weighted by atomic mass is 10.2. The summed E-state index contributed by atoms with van der Waals surface area (Å²) < 4.78 is 4.97. The minimum absolute atomic E-state index is 0.0359. The molecule has 2 N–H and O–H groups in total. The molecule has 0 aliphatic rings. The molecule has 4 nitrogen and oxygen atoms in total. The second kappa shape index (κ2) is 4.55.